The Bertz CT molecular complexity index is 502. The van der Waals surface area contributed by atoms with E-state index in [1.165, 1.54) is 18.2 Å². The highest BCUT2D eigenvalue weighted by Gasteiger charge is 2.11. The smallest absolute Gasteiger partial charge is 0.318 e. The van der Waals surface area contributed by atoms with E-state index in [0.29, 0.717) is 0 Å². The maximum Gasteiger partial charge on any atom is 0.318 e. The quantitative estimate of drug-likeness (QED) is 0.313. The van der Waals surface area contributed by atoms with Crippen LogP contribution < -0.4 is 16.8 Å². The van der Waals surface area contributed by atoms with Crippen LogP contribution in [-0.4, -0.2) is 16.9 Å². The van der Waals surface area contributed by atoms with Crippen molar-refractivity contribution in [3.05, 3.63) is 33.3 Å². The number of nitrogens with zero attached hydrogens (tertiary/aromatic N) is 2. The fourth-order valence-electron chi connectivity index (χ4n) is 1.01. The number of amides is 2. The summed E-state index contributed by atoms with van der Waals surface area (Å²) in [6.45, 7) is 0. The summed E-state index contributed by atoms with van der Waals surface area (Å²) >= 11 is 5.65. The first-order chi connectivity index (χ1) is 7.90. The highest BCUT2D eigenvalue weighted by molar-refractivity contribution is 6.32. The molecule has 0 radical (unpaired) electrons. The number of nitrogens with two attached hydrogens (primary N) is 2. The highest BCUT2D eigenvalue weighted by Crippen LogP contribution is 2.28. The Hall–Kier alpha value is -2.35. The van der Waals surface area contributed by atoms with E-state index in [2.05, 4.69) is 4.99 Å². The molecule has 1 aromatic carbocycles. The molecule has 0 atom stereocenters. The van der Waals surface area contributed by atoms with E-state index in [9.17, 15) is 14.9 Å². The van der Waals surface area contributed by atoms with Crippen molar-refractivity contribution < 1.29 is 9.72 Å². The SMILES string of the molecule is NC(=O)NC(N)=Nc1ccc([N+](=O)[O-])c(Cl)c1. The second kappa shape index (κ2) is 5.12. The Morgan fingerprint density at radius 3 is 2.59 bits per heavy atom. The first-order valence-electron chi connectivity index (χ1n) is 4.24. The third-order valence-corrected chi connectivity index (χ3v) is 1.93. The molecule has 0 fully saturated rings. The standard InChI is InChI=1S/C8H8ClN5O3/c9-5-3-4(1-2-6(5)14(16)17)12-7(10)13-8(11)15/h1-3H,(H5,10,11,12,13,15). The molecule has 2 amide bonds. The van der Waals surface area contributed by atoms with Gasteiger partial charge in [-0.1, -0.05) is 11.6 Å². The number of nitro groups is 1. The van der Waals surface area contributed by atoms with Crippen LogP contribution in [0.2, 0.25) is 5.02 Å². The van der Waals surface area contributed by atoms with Crippen molar-refractivity contribution in [2.75, 3.05) is 0 Å². The van der Waals surface area contributed by atoms with Crippen molar-refractivity contribution in [3.8, 4) is 0 Å². The van der Waals surface area contributed by atoms with Gasteiger partial charge in [0, 0.05) is 6.07 Å². The maximum atomic E-state index is 10.5. The summed E-state index contributed by atoms with van der Waals surface area (Å²) in [6.07, 6.45) is 0. The molecular weight excluding hydrogens is 250 g/mol. The van der Waals surface area contributed by atoms with Crippen LogP contribution in [-0.2, 0) is 0 Å². The lowest BCUT2D eigenvalue weighted by molar-refractivity contribution is -0.384. The minimum absolute atomic E-state index is 0.0804. The number of urea groups is 1. The normalized spacial score (nSPS) is 11.0. The minimum Gasteiger partial charge on any atom is -0.369 e. The molecule has 8 nitrogen and oxygen atoms in total. The number of primary amides is 1. The van der Waals surface area contributed by atoms with Gasteiger partial charge in [-0.05, 0) is 12.1 Å². The zero-order chi connectivity index (χ0) is 13.0. The highest BCUT2D eigenvalue weighted by atomic mass is 35.5. The Labute approximate surface area is 100 Å². The number of carbonyl (C=O) groups is 1. The van der Waals surface area contributed by atoms with Crippen molar-refractivity contribution in [2.45, 2.75) is 0 Å². The zero-order valence-electron chi connectivity index (χ0n) is 8.38. The fourth-order valence-corrected chi connectivity index (χ4v) is 1.25. The first-order valence-corrected chi connectivity index (χ1v) is 4.62. The molecule has 17 heavy (non-hydrogen) atoms. The third-order valence-electron chi connectivity index (χ3n) is 1.63. The van der Waals surface area contributed by atoms with Crippen LogP contribution in [0.15, 0.2) is 23.2 Å². The largest absolute Gasteiger partial charge is 0.369 e. The van der Waals surface area contributed by atoms with Crippen LogP contribution in [0.25, 0.3) is 0 Å². The molecule has 0 saturated heterocycles. The maximum absolute atomic E-state index is 10.5. The lowest BCUT2D eigenvalue weighted by Crippen LogP contribution is -2.39. The van der Waals surface area contributed by atoms with Gasteiger partial charge in [-0.2, -0.15) is 0 Å². The second-order valence-electron chi connectivity index (χ2n) is 2.88. The summed E-state index contributed by atoms with van der Waals surface area (Å²) in [6, 6.07) is 2.90. The molecule has 90 valence electrons. The Kier molecular flexibility index (Phi) is 3.83. The number of nitrogens with one attached hydrogen (secondary N) is 1. The summed E-state index contributed by atoms with van der Waals surface area (Å²) in [5, 5.41) is 12.4. The van der Waals surface area contributed by atoms with Gasteiger partial charge in [-0.25, -0.2) is 9.79 Å². The molecule has 0 unspecified atom stereocenters. The Morgan fingerprint density at radius 1 is 1.47 bits per heavy atom. The van der Waals surface area contributed by atoms with Gasteiger partial charge in [0.2, 0.25) is 5.96 Å². The Balaban J connectivity index is 2.98. The molecule has 5 N–H and O–H groups in total. The summed E-state index contributed by atoms with van der Waals surface area (Å²) in [5.74, 6) is -0.234. The lowest BCUT2D eigenvalue weighted by atomic mass is 10.3. The molecule has 0 aromatic heterocycles. The van der Waals surface area contributed by atoms with E-state index in [4.69, 9.17) is 23.1 Å². The van der Waals surface area contributed by atoms with Crippen LogP contribution >= 0.6 is 11.6 Å². The van der Waals surface area contributed by atoms with E-state index in [1.54, 1.807) is 0 Å². The lowest BCUT2D eigenvalue weighted by Gasteiger charge is -2.01. The molecule has 0 aliphatic rings. The topological polar surface area (TPSA) is 137 Å². The van der Waals surface area contributed by atoms with Gasteiger partial charge < -0.3 is 11.5 Å². The van der Waals surface area contributed by atoms with Gasteiger partial charge in [0.1, 0.15) is 5.02 Å². The van der Waals surface area contributed by atoms with Crippen LogP contribution in [0.4, 0.5) is 16.2 Å². The zero-order valence-corrected chi connectivity index (χ0v) is 9.14. The molecule has 1 aromatic rings. The summed E-state index contributed by atoms with van der Waals surface area (Å²) in [5.41, 5.74) is 10.1. The number of nitro benzene ring substituents is 1. The summed E-state index contributed by atoms with van der Waals surface area (Å²) in [7, 11) is 0. The van der Waals surface area contributed by atoms with Gasteiger partial charge >= 0.3 is 6.03 Å². The van der Waals surface area contributed by atoms with Gasteiger partial charge in [-0.3, -0.25) is 15.4 Å². The molecule has 9 heteroatoms. The predicted octanol–water partition coefficient (Wildman–Crippen LogP) is 0.863. The number of benzene rings is 1. The van der Waals surface area contributed by atoms with E-state index in [-0.39, 0.29) is 22.4 Å². The van der Waals surface area contributed by atoms with E-state index >= 15 is 0 Å². The molecule has 0 aliphatic carbocycles. The first kappa shape index (κ1) is 12.7. The number of rotatable bonds is 2. The molecule has 0 heterocycles. The number of halogens is 1. The fraction of sp³-hybridized carbons (Fsp3) is 0. The third kappa shape index (κ3) is 3.61. The average Bonchev–Trinajstić information content (AvgIpc) is 2.15. The number of hydrogen-bond donors (Lipinski definition) is 3. The van der Waals surface area contributed by atoms with Crippen LogP contribution in [0.1, 0.15) is 0 Å². The van der Waals surface area contributed by atoms with Crippen molar-refractivity contribution in [3.63, 3.8) is 0 Å². The van der Waals surface area contributed by atoms with Gasteiger partial charge in [0.05, 0.1) is 10.6 Å². The van der Waals surface area contributed by atoms with Crippen molar-refractivity contribution in [1.29, 1.82) is 0 Å². The van der Waals surface area contributed by atoms with Crippen molar-refractivity contribution >= 4 is 35.0 Å². The van der Waals surface area contributed by atoms with Crippen LogP contribution in [0, 0.1) is 10.1 Å². The van der Waals surface area contributed by atoms with Gasteiger partial charge in [0.15, 0.2) is 0 Å². The molecule has 0 aliphatic heterocycles. The summed E-state index contributed by atoms with van der Waals surface area (Å²) in [4.78, 5) is 24.0. The molecule has 0 spiro atoms. The molecule has 1 rings (SSSR count). The van der Waals surface area contributed by atoms with Crippen molar-refractivity contribution in [1.82, 2.24) is 5.32 Å². The van der Waals surface area contributed by atoms with Gasteiger partial charge in [-0.15, -0.1) is 0 Å². The Morgan fingerprint density at radius 2 is 2.12 bits per heavy atom. The van der Waals surface area contributed by atoms with E-state index in [1.807, 2.05) is 5.32 Å². The van der Waals surface area contributed by atoms with E-state index in [0.717, 1.165) is 0 Å². The molecule has 0 saturated carbocycles. The van der Waals surface area contributed by atoms with Crippen LogP contribution in [0.5, 0.6) is 0 Å². The second-order valence-corrected chi connectivity index (χ2v) is 3.29. The van der Waals surface area contributed by atoms with E-state index < -0.39 is 11.0 Å². The average molecular weight is 258 g/mol. The number of carbonyl (C=O) groups excluding carboxylic acids is 1. The van der Waals surface area contributed by atoms with Gasteiger partial charge in [0.25, 0.3) is 5.69 Å². The van der Waals surface area contributed by atoms with Crippen LogP contribution in [0.3, 0.4) is 0 Å². The number of aliphatic imine (C=N–C) groups is 1. The number of hydrogen-bond acceptors (Lipinski definition) is 4. The van der Waals surface area contributed by atoms with Crippen molar-refractivity contribution in [2.24, 2.45) is 16.5 Å². The number of guanidine groups is 1. The predicted molar refractivity (Wildman–Crippen MR) is 62.1 cm³/mol. The molecule has 0 bridgehead atoms. The molecular formula is C8H8ClN5O3. The monoisotopic (exact) mass is 257 g/mol. The summed E-state index contributed by atoms with van der Waals surface area (Å²) < 4.78 is 0. The minimum atomic E-state index is -0.862.